The number of nitrogens with one attached hydrogen (secondary N) is 2. The molecule has 0 aliphatic carbocycles. The molecule has 0 saturated carbocycles. The van der Waals surface area contributed by atoms with E-state index in [1.807, 2.05) is 0 Å². The second kappa shape index (κ2) is 6.18. The first-order valence-corrected chi connectivity index (χ1v) is 11.9. The van der Waals surface area contributed by atoms with Crippen LogP contribution in [0.15, 0.2) is 84.9 Å². The number of hydrogen-bond donors (Lipinski definition) is 2. The van der Waals surface area contributed by atoms with E-state index in [0.29, 0.717) is 0 Å². The van der Waals surface area contributed by atoms with E-state index in [1.54, 1.807) is 0 Å². The van der Waals surface area contributed by atoms with Crippen LogP contribution in [0.25, 0.3) is 54.6 Å². The second-order valence-electron chi connectivity index (χ2n) is 9.69. The molecule has 0 amide bonds. The molecule has 0 aromatic heterocycles. The fraction of sp³-hybridized carbons (Fsp3) is 0.0625. The Morgan fingerprint density at radius 2 is 0.912 bits per heavy atom. The van der Waals surface area contributed by atoms with Crippen LogP contribution in [0.1, 0.15) is 11.1 Å². The minimum Gasteiger partial charge on any atom is -0.354 e. The van der Waals surface area contributed by atoms with E-state index < -0.39 is 0 Å². The van der Waals surface area contributed by atoms with Crippen LogP contribution in [0.4, 0.5) is 22.7 Å². The zero-order valence-corrected chi connectivity index (χ0v) is 19.1. The summed E-state index contributed by atoms with van der Waals surface area (Å²) >= 11 is 0. The lowest BCUT2D eigenvalue weighted by molar-refractivity contribution is 1.48. The average Bonchev–Trinajstić information content (AvgIpc) is 2.86. The van der Waals surface area contributed by atoms with E-state index in [4.69, 9.17) is 0 Å². The Kier molecular flexibility index (Phi) is 3.30. The maximum absolute atomic E-state index is 3.85. The van der Waals surface area contributed by atoms with Crippen LogP contribution in [-0.4, -0.2) is 0 Å². The highest BCUT2D eigenvalue weighted by Crippen LogP contribution is 2.58. The summed E-state index contributed by atoms with van der Waals surface area (Å²) in [5, 5.41) is 15.5. The highest BCUT2D eigenvalue weighted by Gasteiger charge is 2.30. The fourth-order valence-corrected chi connectivity index (χ4v) is 6.16. The third kappa shape index (κ3) is 2.16. The minimum absolute atomic E-state index is 1.17. The van der Waals surface area contributed by atoms with Gasteiger partial charge in [0.05, 0.1) is 11.4 Å². The van der Waals surface area contributed by atoms with E-state index in [0.717, 1.165) is 0 Å². The topological polar surface area (TPSA) is 24.1 Å². The second-order valence-corrected chi connectivity index (χ2v) is 9.69. The summed E-state index contributed by atoms with van der Waals surface area (Å²) in [5.74, 6) is 0. The van der Waals surface area contributed by atoms with Crippen molar-refractivity contribution in [3.63, 3.8) is 0 Å². The van der Waals surface area contributed by atoms with Crippen molar-refractivity contribution in [3.05, 3.63) is 96.1 Å². The first-order valence-electron chi connectivity index (χ1n) is 11.9. The zero-order chi connectivity index (χ0) is 22.6. The number of rotatable bonds is 0. The molecule has 0 bridgehead atoms. The predicted molar refractivity (Wildman–Crippen MR) is 146 cm³/mol. The van der Waals surface area contributed by atoms with E-state index >= 15 is 0 Å². The molecule has 0 fully saturated rings. The molecule has 2 heteroatoms. The van der Waals surface area contributed by atoms with Crippen molar-refractivity contribution >= 4 is 55.1 Å². The summed E-state index contributed by atoms with van der Waals surface area (Å²) in [6.45, 7) is 4.38. The van der Waals surface area contributed by atoms with E-state index in [1.165, 1.54) is 88.4 Å². The molecule has 2 aliphatic rings. The van der Waals surface area contributed by atoms with Crippen molar-refractivity contribution < 1.29 is 0 Å². The summed E-state index contributed by atoms with van der Waals surface area (Å²) in [5.41, 5.74) is 12.6. The smallest absolute Gasteiger partial charge is 0.0551 e. The molecule has 6 aromatic rings. The first-order chi connectivity index (χ1) is 16.7. The largest absolute Gasteiger partial charge is 0.354 e. The van der Waals surface area contributed by atoms with Gasteiger partial charge in [0.2, 0.25) is 0 Å². The van der Waals surface area contributed by atoms with Crippen LogP contribution in [0, 0.1) is 13.8 Å². The van der Waals surface area contributed by atoms with Crippen molar-refractivity contribution in [1.29, 1.82) is 0 Å². The molecule has 8 rings (SSSR count). The van der Waals surface area contributed by atoms with E-state index in [-0.39, 0.29) is 0 Å². The average molecular weight is 435 g/mol. The van der Waals surface area contributed by atoms with Gasteiger partial charge in [-0.2, -0.15) is 0 Å². The minimum atomic E-state index is 1.17. The van der Waals surface area contributed by atoms with Crippen LogP contribution >= 0.6 is 0 Å². The maximum atomic E-state index is 3.85. The van der Waals surface area contributed by atoms with Crippen molar-refractivity contribution in [2.75, 3.05) is 10.6 Å². The van der Waals surface area contributed by atoms with Crippen molar-refractivity contribution in [2.45, 2.75) is 13.8 Å². The fourth-order valence-electron chi connectivity index (χ4n) is 6.16. The molecule has 2 heterocycles. The molecule has 6 aromatic carbocycles. The number of fused-ring (bicyclic) bond motifs is 10. The predicted octanol–water partition coefficient (Wildman–Crippen LogP) is 9.21. The molecular formula is C32H22N2. The lowest BCUT2D eigenvalue weighted by Gasteiger charge is -2.32. The molecule has 0 radical (unpaired) electrons. The molecule has 2 nitrogen and oxygen atoms in total. The Bertz CT molecular complexity index is 1740. The molecule has 0 saturated heterocycles. The summed E-state index contributed by atoms with van der Waals surface area (Å²) in [7, 11) is 0. The third-order valence-electron chi connectivity index (χ3n) is 7.59. The van der Waals surface area contributed by atoms with Crippen LogP contribution < -0.4 is 10.6 Å². The Morgan fingerprint density at radius 1 is 0.471 bits per heavy atom. The SMILES string of the molecule is Cc1ccc2c3c4c(c5cc(C)ccc5c5c4c(c2c1)-c1ccccc1N5)-c1ccccc1N3. The van der Waals surface area contributed by atoms with Crippen LogP contribution in [0.3, 0.4) is 0 Å². The van der Waals surface area contributed by atoms with Gasteiger partial charge < -0.3 is 10.6 Å². The molecule has 0 atom stereocenters. The quantitative estimate of drug-likeness (QED) is 0.232. The Labute approximate surface area is 197 Å². The number of hydrogen-bond acceptors (Lipinski definition) is 2. The van der Waals surface area contributed by atoms with Gasteiger partial charge >= 0.3 is 0 Å². The monoisotopic (exact) mass is 434 g/mol. The lowest BCUT2D eigenvalue weighted by Crippen LogP contribution is -2.09. The van der Waals surface area contributed by atoms with Gasteiger partial charge in [-0.05, 0) is 36.8 Å². The van der Waals surface area contributed by atoms with Gasteiger partial charge in [-0.15, -0.1) is 0 Å². The Morgan fingerprint density at radius 3 is 1.38 bits per heavy atom. The van der Waals surface area contributed by atoms with Gasteiger partial charge in [0.25, 0.3) is 0 Å². The summed E-state index contributed by atoms with van der Waals surface area (Å²) in [4.78, 5) is 0. The Balaban J connectivity index is 1.75. The molecular weight excluding hydrogens is 412 g/mol. The van der Waals surface area contributed by atoms with Crippen LogP contribution in [0.5, 0.6) is 0 Å². The summed E-state index contributed by atoms with van der Waals surface area (Å²) in [6.07, 6.45) is 0. The molecule has 34 heavy (non-hydrogen) atoms. The number of para-hydroxylation sites is 2. The summed E-state index contributed by atoms with van der Waals surface area (Å²) in [6, 6.07) is 31.2. The number of anilines is 4. The summed E-state index contributed by atoms with van der Waals surface area (Å²) < 4.78 is 0. The van der Waals surface area contributed by atoms with Gasteiger partial charge in [0.15, 0.2) is 0 Å². The van der Waals surface area contributed by atoms with Gasteiger partial charge in [-0.1, -0.05) is 83.9 Å². The zero-order valence-electron chi connectivity index (χ0n) is 19.1. The van der Waals surface area contributed by atoms with Crippen molar-refractivity contribution in [3.8, 4) is 22.3 Å². The van der Waals surface area contributed by atoms with Crippen molar-refractivity contribution in [1.82, 2.24) is 0 Å². The van der Waals surface area contributed by atoms with Gasteiger partial charge in [0, 0.05) is 55.2 Å². The van der Waals surface area contributed by atoms with Crippen LogP contribution in [-0.2, 0) is 0 Å². The molecule has 0 unspecified atom stereocenters. The van der Waals surface area contributed by atoms with Crippen molar-refractivity contribution in [2.24, 2.45) is 0 Å². The van der Waals surface area contributed by atoms with E-state index in [2.05, 4.69) is 109 Å². The molecule has 0 spiro atoms. The maximum Gasteiger partial charge on any atom is 0.0551 e. The van der Waals surface area contributed by atoms with Gasteiger partial charge in [0.1, 0.15) is 0 Å². The molecule has 160 valence electrons. The third-order valence-corrected chi connectivity index (χ3v) is 7.59. The first kappa shape index (κ1) is 18.2. The number of benzene rings is 6. The highest BCUT2D eigenvalue weighted by molar-refractivity contribution is 6.37. The van der Waals surface area contributed by atoms with Gasteiger partial charge in [-0.3, -0.25) is 0 Å². The molecule has 2 N–H and O–H groups in total. The van der Waals surface area contributed by atoms with Gasteiger partial charge in [-0.25, -0.2) is 0 Å². The number of aryl methyl sites for hydroxylation is 2. The Hall–Kier alpha value is -4.30. The van der Waals surface area contributed by atoms with E-state index in [9.17, 15) is 0 Å². The lowest BCUT2D eigenvalue weighted by atomic mass is 9.79. The van der Waals surface area contributed by atoms with Crippen LogP contribution in [0.2, 0.25) is 0 Å². The normalized spacial score (nSPS) is 12.9. The molecule has 2 aliphatic heterocycles. The standard InChI is InChI=1S/C32H22N2/c1-17-11-13-19-23(15-17)27-21-7-3-5-9-25(21)34-32-20-14-12-18(2)16-24(20)28-22-8-4-6-10-26(22)33-31(19)30(28)29(27)32/h3-16,33-34H,1-2H3. The highest BCUT2D eigenvalue weighted by atomic mass is 14.9.